The second-order valence-electron chi connectivity index (χ2n) is 15.4. The van der Waals surface area contributed by atoms with Gasteiger partial charge in [0.1, 0.15) is 35.2 Å². The lowest BCUT2D eigenvalue weighted by molar-refractivity contribution is -0.132. The topological polar surface area (TPSA) is 179 Å². The van der Waals surface area contributed by atoms with E-state index >= 15 is 0 Å². The molecule has 1 saturated heterocycles. The Kier molecular flexibility index (Phi) is 13.3. The maximum Gasteiger partial charge on any atom is 0.266 e. The van der Waals surface area contributed by atoms with Crippen molar-refractivity contribution >= 4 is 40.5 Å². The van der Waals surface area contributed by atoms with Gasteiger partial charge >= 0.3 is 0 Å². The van der Waals surface area contributed by atoms with Crippen molar-refractivity contribution in [2.45, 2.75) is 57.4 Å². The quantitative estimate of drug-likeness (QED) is 0.0611. The number of hydrogen-bond donors (Lipinski definition) is 0. The van der Waals surface area contributed by atoms with Gasteiger partial charge in [-0.15, -0.1) is 10.2 Å². The summed E-state index contributed by atoms with van der Waals surface area (Å²) in [5, 5.41) is 8.56. The van der Waals surface area contributed by atoms with Gasteiger partial charge in [0.2, 0.25) is 0 Å². The van der Waals surface area contributed by atoms with Crippen LogP contribution in [0, 0.1) is 0 Å². The van der Waals surface area contributed by atoms with E-state index < -0.39 is 23.6 Å². The number of hydrogen-bond acceptors (Lipinski definition) is 14. The van der Waals surface area contributed by atoms with Gasteiger partial charge in [0.05, 0.1) is 62.9 Å². The number of piperazine rings is 1. The van der Waals surface area contributed by atoms with Gasteiger partial charge in [-0.25, -0.2) is 4.98 Å². The first-order valence-electron chi connectivity index (χ1n) is 21.0. The van der Waals surface area contributed by atoms with Crippen LogP contribution in [0.4, 0.5) is 5.69 Å². The molecule has 0 spiro atoms. The number of carbonyl (C=O) groups is 5. The fourth-order valence-electron chi connectivity index (χ4n) is 8.11. The van der Waals surface area contributed by atoms with E-state index in [9.17, 15) is 24.0 Å². The number of anilines is 1. The maximum atomic E-state index is 13.3. The molecule has 2 aliphatic heterocycles. The predicted molar refractivity (Wildman–Crippen MR) is 222 cm³/mol. The number of ketones is 3. The number of furan rings is 1. The highest BCUT2D eigenvalue weighted by Gasteiger charge is 2.45. The van der Waals surface area contributed by atoms with E-state index in [1.807, 2.05) is 22.7 Å². The fraction of sp³-hybridized carbons (Fsp3) is 0.422. The first kappa shape index (κ1) is 41.6. The van der Waals surface area contributed by atoms with E-state index in [1.165, 1.54) is 11.8 Å². The molecule has 16 heteroatoms. The zero-order valence-corrected chi connectivity index (χ0v) is 34.0. The van der Waals surface area contributed by atoms with Gasteiger partial charge < -0.3 is 23.5 Å². The van der Waals surface area contributed by atoms with Crippen molar-refractivity contribution in [1.29, 1.82) is 0 Å². The van der Waals surface area contributed by atoms with Crippen molar-refractivity contribution in [3.8, 4) is 16.9 Å². The van der Waals surface area contributed by atoms with Gasteiger partial charge in [0, 0.05) is 82.3 Å². The number of amides is 2. The molecule has 3 aromatic heterocycles. The number of aromatic nitrogens is 4. The summed E-state index contributed by atoms with van der Waals surface area (Å²) in [5.74, 6) is 0.323. The number of fused-ring (bicyclic) bond motifs is 2. The number of rotatable bonds is 20. The molecule has 0 bridgehead atoms. The van der Waals surface area contributed by atoms with E-state index in [-0.39, 0.29) is 67.2 Å². The molecular formula is C45H49N7O9. The largest absolute Gasteiger partial charge is 0.493 e. The highest BCUT2D eigenvalue weighted by Crippen LogP contribution is 2.34. The summed E-state index contributed by atoms with van der Waals surface area (Å²) in [6.45, 7) is 6.49. The summed E-state index contributed by atoms with van der Waals surface area (Å²) in [7, 11) is 0. The van der Waals surface area contributed by atoms with E-state index in [1.54, 1.807) is 24.7 Å². The second-order valence-corrected chi connectivity index (χ2v) is 15.4. The van der Waals surface area contributed by atoms with Gasteiger partial charge in [-0.3, -0.25) is 38.2 Å². The Balaban J connectivity index is 0.672. The minimum absolute atomic E-state index is 0.0363. The van der Waals surface area contributed by atoms with Gasteiger partial charge in [-0.05, 0) is 54.8 Å². The van der Waals surface area contributed by atoms with Crippen LogP contribution in [0.25, 0.3) is 16.8 Å². The van der Waals surface area contributed by atoms with E-state index in [2.05, 4.69) is 44.3 Å². The summed E-state index contributed by atoms with van der Waals surface area (Å²) in [6, 6.07) is 16.2. The standard InChI is InChI=1S/C45H49N7O9/c53-33(4-2-23-61-40-7-1-6-36-42(40)45(57)52(44(36)56)38-14-12-34(54)28-39(38)55)16-24-58-26-27-59-25-21-49-17-19-50(20-18-49)32-10-8-31(9-11-32)37-29-46-41(51-30-47-48-43(37)51)15-13-35-5-3-22-60-35/h1,3,5-11,22,29-30,38H,2,4,12-21,23-28H2. The highest BCUT2D eigenvalue weighted by atomic mass is 16.5. The summed E-state index contributed by atoms with van der Waals surface area (Å²) in [6.07, 6.45) is 7.75. The number of imide groups is 1. The zero-order valence-electron chi connectivity index (χ0n) is 34.0. The summed E-state index contributed by atoms with van der Waals surface area (Å²) in [5.41, 5.74) is 4.23. The van der Waals surface area contributed by atoms with Crippen molar-refractivity contribution in [3.63, 3.8) is 0 Å². The van der Waals surface area contributed by atoms with Crippen LogP contribution in [-0.2, 0) is 36.7 Å². The third-order valence-electron chi connectivity index (χ3n) is 11.5. The average Bonchev–Trinajstić information content (AvgIpc) is 4.04. The number of ether oxygens (including phenoxy) is 3. The Labute approximate surface area is 352 Å². The molecule has 1 unspecified atom stereocenters. The Morgan fingerprint density at radius 1 is 0.820 bits per heavy atom. The van der Waals surface area contributed by atoms with Crippen LogP contribution in [0.2, 0.25) is 0 Å². The smallest absolute Gasteiger partial charge is 0.266 e. The van der Waals surface area contributed by atoms with Crippen molar-refractivity contribution in [3.05, 3.63) is 96.1 Å². The van der Waals surface area contributed by atoms with Crippen LogP contribution in [0.15, 0.2) is 77.8 Å². The van der Waals surface area contributed by atoms with Crippen LogP contribution in [0.5, 0.6) is 5.75 Å². The van der Waals surface area contributed by atoms with Gasteiger partial charge in [0.15, 0.2) is 11.4 Å². The molecule has 1 saturated carbocycles. The van der Waals surface area contributed by atoms with Crippen LogP contribution in [0.3, 0.4) is 0 Å². The fourth-order valence-corrected chi connectivity index (χ4v) is 8.11. The van der Waals surface area contributed by atoms with Crippen molar-refractivity contribution < 1.29 is 42.6 Å². The molecule has 3 aliphatic rings. The highest BCUT2D eigenvalue weighted by molar-refractivity contribution is 6.24. The summed E-state index contributed by atoms with van der Waals surface area (Å²) in [4.78, 5) is 73.4. The normalized spacial score (nSPS) is 17.1. The minimum Gasteiger partial charge on any atom is -0.493 e. The molecule has 1 atom stereocenters. The average molecular weight is 832 g/mol. The summed E-state index contributed by atoms with van der Waals surface area (Å²) < 4.78 is 24.7. The zero-order chi connectivity index (χ0) is 42.1. The lowest BCUT2D eigenvalue weighted by Gasteiger charge is -2.36. The molecule has 0 radical (unpaired) electrons. The number of Topliss-reactive ketones (excluding diaryl/α,β-unsaturated/α-hetero) is 3. The Morgan fingerprint density at radius 2 is 1.64 bits per heavy atom. The second kappa shape index (κ2) is 19.5. The SMILES string of the molecule is O=C(CCCOc1cccc2c1C(=O)N(C1CCC(=O)CC1=O)C2=O)CCOCCOCCN1CCN(c2ccc(-c3cnc(CCc4ccco4)n4cnnc34)cc2)CC1. The maximum absolute atomic E-state index is 13.3. The van der Waals surface area contributed by atoms with Crippen LogP contribution >= 0.6 is 0 Å². The molecule has 16 nitrogen and oxygen atoms in total. The Morgan fingerprint density at radius 3 is 2.43 bits per heavy atom. The van der Waals surface area contributed by atoms with Gasteiger partial charge in [-0.1, -0.05) is 18.2 Å². The lowest BCUT2D eigenvalue weighted by Crippen LogP contribution is -2.47. The number of carbonyl (C=O) groups excluding carboxylic acids is 5. The van der Waals surface area contributed by atoms with Crippen molar-refractivity contribution in [2.75, 3.05) is 70.7 Å². The Hall–Kier alpha value is -6.10. The summed E-state index contributed by atoms with van der Waals surface area (Å²) >= 11 is 0. The predicted octanol–water partition coefficient (Wildman–Crippen LogP) is 4.43. The molecule has 0 N–H and O–H groups in total. The van der Waals surface area contributed by atoms with Gasteiger partial charge in [-0.2, -0.15) is 0 Å². The van der Waals surface area contributed by atoms with Crippen LogP contribution in [0.1, 0.15) is 70.8 Å². The van der Waals surface area contributed by atoms with Gasteiger partial charge in [0.25, 0.3) is 11.8 Å². The lowest BCUT2D eigenvalue weighted by atomic mass is 9.92. The van der Waals surface area contributed by atoms with Crippen LogP contribution in [-0.4, -0.2) is 130 Å². The molecule has 2 aromatic carbocycles. The molecule has 1 aliphatic carbocycles. The molecule has 5 aromatic rings. The van der Waals surface area contributed by atoms with E-state index in [0.717, 1.165) is 78.8 Å². The first-order valence-corrected chi connectivity index (χ1v) is 21.0. The number of nitrogens with zero attached hydrogens (tertiary/aromatic N) is 7. The third-order valence-corrected chi connectivity index (χ3v) is 11.5. The molecule has 61 heavy (non-hydrogen) atoms. The number of benzene rings is 2. The van der Waals surface area contributed by atoms with Crippen LogP contribution < -0.4 is 9.64 Å². The van der Waals surface area contributed by atoms with Crippen molar-refractivity contribution in [1.82, 2.24) is 29.4 Å². The van der Waals surface area contributed by atoms with Crippen molar-refractivity contribution in [2.24, 2.45) is 0 Å². The molecule has 2 fully saturated rings. The monoisotopic (exact) mass is 831 g/mol. The Bertz CT molecular complexity index is 2350. The molecule has 8 rings (SSSR count). The molecule has 318 valence electrons. The minimum atomic E-state index is -0.943. The molecule has 2 amide bonds. The van der Waals surface area contributed by atoms with E-state index in [4.69, 9.17) is 23.6 Å². The number of aryl methyl sites for hydroxylation is 2. The third kappa shape index (κ3) is 9.77. The first-order chi connectivity index (χ1) is 29.8. The van der Waals surface area contributed by atoms with E-state index in [0.29, 0.717) is 32.8 Å². The molecular weight excluding hydrogens is 783 g/mol. The molecule has 5 heterocycles.